The van der Waals surface area contributed by atoms with Crippen LogP contribution in [0.4, 0.5) is 4.79 Å². The van der Waals surface area contributed by atoms with Crippen LogP contribution in [0.3, 0.4) is 0 Å². The molecule has 1 aliphatic rings. The summed E-state index contributed by atoms with van der Waals surface area (Å²) in [7, 11) is 0. The van der Waals surface area contributed by atoms with Crippen LogP contribution in [0.15, 0.2) is 12.7 Å². The lowest BCUT2D eigenvalue weighted by molar-refractivity contribution is -0.127. The zero-order valence-corrected chi connectivity index (χ0v) is 13.0. The van der Waals surface area contributed by atoms with Gasteiger partial charge in [-0.2, -0.15) is 0 Å². The van der Waals surface area contributed by atoms with E-state index in [1.54, 1.807) is 4.90 Å². The molecule has 3 amide bonds. The molecular formula is C15H27N3O2. The van der Waals surface area contributed by atoms with Crippen molar-refractivity contribution in [1.82, 2.24) is 15.5 Å². The second kappa shape index (κ2) is 6.77. The highest BCUT2D eigenvalue weighted by atomic mass is 16.2. The molecule has 0 radical (unpaired) electrons. The van der Waals surface area contributed by atoms with E-state index in [1.165, 1.54) is 6.08 Å². The Balaban J connectivity index is 2.50. The van der Waals surface area contributed by atoms with Crippen molar-refractivity contribution < 1.29 is 9.59 Å². The molecule has 0 aliphatic carbocycles. The average molecular weight is 281 g/mol. The molecule has 2 unspecified atom stereocenters. The highest BCUT2D eigenvalue weighted by molar-refractivity contribution is 5.87. The van der Waals surface area contributed by atoms with Gasteiger partial charge in [-0.15, -0.1) is 0 Å². The first-order valence-electron chi connectivity index (χ1n) is 7.23. The third kappa shape index (κ3) is 5.23. The second-order valence-corrected chi connectivity index (χ2v) is 6.53. The second-order valence-electron chi connectivity index (χ2n) is 6.53. The molecule has 0 aromatic heterocycles. The summed E-state index contributed by atoms with van der Waals surface area (Å²) in [5, 5.41) is 5.86. The van der Waals surface area contributed by atoms with Crippen LogP contribution < -0.4 is 10.6 Å². The van der Waals surface area contributed by atoms with Crippen molar-refractivity contribution in [2.45, 2.75) is 52.1 Å². The van der Waals surface area contributed by atoms with Gasteiger partial charge < -0.3 is 15.5 Å². The minimum Gasteiger partial charge on any atom is -0.339 e. The van der Waals surface area contributed by atoms with E-state index < -0.39 is 0 Å². The Morgan fingerprint density at radius 2 is 2.05 bits per heavy atom. The van der Waals surface area contributed by atoms with Crippen LogP contribution in [0, 0.1) is 5.92 Å². The number of carbonyl (C=O) groups is 2. The molecule has 1 saturated heterocycles. The Kier molecular flexibility index (Phi) is 5.60. The molecule has 1 fully saturated rings. The fraction of sp³-hybridized carbons (Fsp3) is 0.733. The predicted octanol–water partition coefficient (Wildman–Crippen LogP) is 1.90. The van der Waals surface area contributed by atoms with Gasteiger partial charge in [0.1, 0.15) is 0 Å². The van der Waals surface area contributed by atoms with Crippen LogP contribution in [-0.4, -0.2) is 41.5 Å². The standard InChI is InChI=1S/C15H27N3O2/c1-6-13(19)18-9-7-8-12(10-18)11(2)16-14(20)17-15(3,4)5/h6,11-12H,1,7-10H2,2-5H3,(H2,16,17,20). The fourth-order valence-electron chi connectivity index (χ4n) is 2.45. The lowest BCUT2D eigenvalue weighted by atomic mass is 9.91. The van der Waals surface area contributed by atoms with E-state index in [1.807, 2.05) is 27.7 Å². The third-order valence-corrected chi connectivity index (χ3v) is 3.50. The van der Waals surface area contributed by atoms with Crippen LogP contribution in [0.1, 0.15) is 40.5 Å². The number of likely N-dealkylation sites (tertiary alicyclic amines) is 1. The number of carbonyl (C=O) groups excluding carboxylic acids is 2. The third-order valence-electron chi connectivity index (χ3n) is 3.50. The molecule has 5 nitrogen and oxygen atoms in total. The van der Waals surface area contributed by atoms with Gasteiger partial charge in [0.25, 0.3) is 0 Å². The van der Waals surface area contributed by atoms with Gasteiger partial charge in [-0.3, -0.25) is 4.79 Å². The topological polar surface area (TPSA) is 61.4 Å². The van der Waals surface area contributed by atoms with Gasteiger partial charge in [-0.1, -0.05) is 6.58 Å². The lowest BCUT2D eigenvalue weighted by Gasteiger charge is -2.36. The number of nitrogens with one attached hydrogen (secondary N) is 2. The average Bonchev–Trinajstić information content (AvgIpc) is 2.35. The maximum absolute atomic E-state index is 11.9. The quantitative estimate of drug-likeness (QED) is 0.776. The normalized spacial score (nSPS) is 21.0. The first-order chi connectivity index (χ1) is 9.23. The minimum atomic E-state index is -0.249. The van der Waals surface area contributed by atoms with Gasteiger partial charge in [0.05, 0.1) is 0 Å². The molecule has 0 saturated carbocycles. The van der Waals surface area contributed by atoms with E-state index >= 15 is 0 Å². The molecule has 1 heterocycles. The molecule has 20 heavy (non-hydrogen) atoms. The van der Waals surface area contributed by atoms with Crippen molar-refractivity contribution in [3.05, 3.63) is 12.7 Å². The summed E-state index contributed by atoms with van der Waals surface area (Å²) < 4.78 is 0. The summed E-state index contributed by atoms with van der Waals surface area (Å²) in [6.45, 7) is 12.8. The molecule has 2 N–H and O–H groups in total. The molecule has 0 spiro atoms. The van der Waals surface area contributed by atoms with Gasteiger partial charge in [-0.25, -0.2) is 4.79 Å². The molecule has 0 aromatic rings. The number of piperidine rings is 1. The summed E-state index contributed by atoms with van der Waals surface area (Å²) in [6, 6.07) is -0.116. The smallest absolute Gasteiger partial charge is 0.315 e. The summed E-state index contributed by atoms with van der Waals surface area (Å²) >= 11 is 0. The van der Waals surface area contributed by atoms with Crippen molar-refractivity contribution in [3.8, 4) is 0 Å². The molecule has 0 bridgehead atoms. The van der Waals surface area contributed by atoms with Gasteiger partial charge in [-0.05, 0) is 52.5 Å². The zero-order valence-electron chi connectivity index (χ0n) is 13.0. The predicted molar refractivity (Wildman–Crippen MR) is 80.4 cm³/mol. The Labute approximate surface area is 121 Å². The SMILES string of the molecule is C=CC(=O)N1CCCC(C(C)NC(=O)NC(C)(C)C)C1. The van der Waals surface area contributed by atoms with E-state index in [9.17, 15) is 9.59 Å². The zero-order chi connectivity index (χ0) is 15.3. The van der Waals surface area contributed by atoms with Gasteiger partial charge in [0.15, 0.2) is 0 Å². The first-order valence-corrected chi connectivity index (χ1v) is 7.23. The van der Waals surface area contributed by atoms with Crippen molar-refractivity contribution in [2.75, 3.05) is 13.1 Å². The lowest BCUT2D eigenvalue weighted by Crippen LogP contribution is -2.53. The number of hydrogen-bond donors (Lipinski definition) is 2. The van der Waals surface area contributed by atoms with E-state index in [4.69, 9.17) is 0 Å². The highest BCUT2D eigenvalue weighted by Crippen LogP contribution is 2.20. The Morgan fingerprint density at radius 3 is 2.60 bits per heavy atom. The Bertz CT molecular complexity index is 374. The summed E-state index contributed by atoms with van der Waals surface area (Å²) in [5.41, 5.74) is -0.249. The molecular weight excluding hydrogens is 254 g/mol. The van der Waals surface area contributed by atoms with Gasteiger partial charge >= 0.3 is 6.03 Å². The monoisotopic (exact) mass is 281 g/mol. The number of amides is 3. The van der Waals surface area contributed by atoms with Crippen molar-refractivity contribution >= 4 is 11.9 Å². The highest BCUT2D eigenvalue weighted by Gasteiger charge is 2.27. The van der Waals surface area contributed by atoms with E-state index in [2.05, 4.69) is 17.2 Å². The minimum absolute atomic E-state index is 0.0268. The van der Waals surface area contributed by atoms with Crippen LogP contribution in [0.5, 0.6) is 0 Å². The van der Waals surface area contributed by atoms with Crippen molar-refractivity contribution in [1.29, 1.82) is 0 Å². The number of hydrogen-bond acceptors (Lipinski definition) is 2. The molecule has 114 valence electrons. The van der Waals surface area contributed by atoms with E-state index in [-0.39, 0.29) is 23.5 Å². The molecule has 5 heteroatoms. The molecule has 2 atom stereocenters. The van der Waals surface area contributed by atoms with Gasteiger partial charge in [0.2, 0.25) is 5.91 Å². The molecule has 1 aliphatic heterocycles. The Hall–Kier alpha value is -1.52. The van der Waals surface area contributed by atoms with Crippen molar-refractivity contribution in [2.24, 2.45) is 5.92 Å². The number of urea groups is 1. The van der Waals surface area contributed by atoms with Crippen LogP contribution in [-0.2, 0) is 4.79 Å². The Morgan fingerprint density at radius 1 is 1.40 bits per heavy atom. The first kappa shape index (κ1) is 16.5. The van der Waals surface area contributed by atoms with E-state index in [0.29, 0.717) is 12.5 Å². The maximum atomic E-state index is 11.9. The molecule has 0 aromatic carbocycles. The van der Waals surface area contributed by atoms with Crippen molar-refractivity contribution in [3.63, 3.8) is 0 Å². The fourth-order valence-corrected chi connectivity index (χ4v) is 2.45. The molecule has 1 rings (SSSR count). The largest absolute Gasteiger partial charge is 0.339 e. The summed E-state index contributed by atoms with van der Waals surface area (Å²) in [4.78, 5) is 25.3. The number of rotatable bonds is 3. The van der Waals surface area contributed by atoms with E-state index in [0.717, 1.165) is 19.4 Å². The van der Waals surface area contributed by atoms with Crippen LogP contribution in [0.2, 0.25) is 0 Å². The maximum Gasteiger partial charge on any atom is 0.315 e. The van der Waals surface area contributed by atoms with Crippen LogP contribution >= 0.6 is 0 Å². The number of nitrogens with zero attached hydrogens (tertiary/aromatic N) is 1. The summed E-state index contributed by atoms with van der Waals surface area (Å²) in [6.07, 6.45) is 3.35. The van der Waals surface area contributed by atoms with Crippen LogP contribution in [0.25, 0.3) is 0 Å². The summed E-state index contributed by atoms with van der Waals surface area (Å²) in [5.74, 6) is 0.263. The van der Waals surface area contributed by atoms with Gasteiger partial charge in [0, 0.05) is 24.7 Å².